The van der Waals surface area contributed by atoms with Gasteiger partial charge >= 0.3 is 0 Å². The molecule has 3 aromatic rings. The van der Waals surface area contributed by atoms with Crippen LogP contribution in [0.3, 0.4) is 0 Å². The maximum Gasteiger partial charge on any atom is 0.275 e. The first-order chi connectivity index (χ1) is 11.4. The molecule has 7 nitrogen and oxygen atoms in total. The molecule has 0 atom stereocenters. The van der Waals surface area contributed by atoms with Gasteiger partial charge in [-0.25, -0.2) is 4.98 Å². The summed E-state index contributed by atoms with van der Waals surface area (Å²) in [6.07, 6.45) is 3.48. The van der Waals surface area contributed by atoms with Crippen LogP contribution < -0.4 is 11.1 Å². The number of primary amides is 1. The SMILES string of the molecule is Cn1cc(-c2nc(C(=O)Nc3cc(Cl)ccc3C(N)=O)cs2)cn1. The Kier molecular flexibility index (Phi) is 4.32. The van der Waals surface area contributed by atoms with E-state index >= 15 is 0 Å². The number of anilines is 1. The Morgan fingerprint density at radius 1 is 1.38 bits per heavy atom. The lowest BCUT2D eigenvalue weighted by Gasteiger charge is -2.08. The third-order valence-corrected chi connectivity index (χ3v) is 4.31. The second-order valence-electron chi connectivity index (χ2n) is 4.95. The van der Waals surface area contributed by atoms with Gasteiger partial charge in [-0.1, -0.05) is 11.6 Å². The number of amides is 2. The van der Waals surface area contributed by atoms with Crippen LogP contribution in [-0.2, 0) is 7.05 Å². The number of aryl methyl sites for hydroxylation is 1. The smallest absolute Gasteiger partial charge is 0.275 e. The Hall–Kier alpha value is -2.71. The van der Waals surface area contributed by atoms with Crippen LogP contribution in [0.5, 0.6) is 0 Å². The average molecular weight is 362 g/mol. The predicted molar refractivity (Wildman–Crippen MR) is 92.2 cm³/mol. The number of thiazole rings is 1. The van der Waals surface area contributed by atoms with Gasteiger partial charge in [0.15, 0.2) is 0 Å². The summed E-state index contributed by atoms with van der Waals surface area (Å²) in [5.41, 5.74) is 6.78. The van der Waals surface area contributed by atoms with Crippen molar-refractivity contribution in [1.29, 1.82) is 0 Å². The van der Waals surface area contributed by atoms with Gasteiger partial charge in [-0.2, -0.15) is 5.10 Å². The summed E-state index contributed by atoms with van der Waals surface area (Å²) in [4.78, 5) is 28.1. The third-order valence-electron chi connectivity index (χ3n) is 3.18. The Bertz CT molecular complexity index is 934. The largest absolute Gasteiger partial charge is 0.366 e. The predicted octanol–water partition coefficient (Wildman–Crippen LogP) is 2.55. The Labute approximate surface area is 146 Å². The molecule has 122 valence electrons. The van der Waals surface area contributed by atoms with E-state index in [4.69, 9.17) is 17.3 Å². The van der Waals surface area contributed by atoms with Crippen molar-refractivity contribution in [2.24, 2.45) is 12.8 Å². The highest BCUT2D eigenvalue weighted by atomic mass is 35.5. The zero-order chi connectivity index (χ0) is 17.3. The third kappa shape index (κ3) is 3.29. The van der Waals surface area contributed by atoms with Crippen molar-refractivity contribution in [3.8, 4) is 10.6 Å². The molecule has 2 aromatic heterocycles. The van der Waals surface area contributed by atoms with Crippen molar-refractivity contribution < 1.29 is 9.59 Å². The van der Waals surface area contributed by atoms with Gasteiger partial charge in [0.05, 0.1) is 17.4 Å². The van der Waals surface area contributed by atoms with Gasteiger partial charge in [-0.15, -0.1) is 11.3 Å². The van der Waals surface area contributed by atoms with Crippen LogP contribution in [0.25, 0.3) is 10.6 Å². The molecule has 0 unspecified atom stereocenters. The highest BCUT2D eigenvalue weighted by Crippen LogP contribution is 2.25. The molecular weight excluding hydrogens is 350 g/mol. The minimum Gasteiger partial charge on any atom is -0.366 e. The molecule has 0 bridgehead atoms. The normalized spacial score (nSPS) is 10.6. The highest BCUT2D eigenvalue weighted by Gasteiger charge is 2.16. The van der Waals surface area contributed by atoms with Crippen LogP contribution in [0.15, 0.2) is 36.0 Å². The van der Waals surface area contributed by atoms with Gasteiger partial charge in [0, 0.05) is 29.2 Å². The summed E-state index contributed by atoms with van der Waals surface area (Å²) >= 11 is 7.24. The van der Waals surface area contributed by atoms with E-state index in [1.165, 1.54) is 29.5 Å². The van der Waals surface area contributed by atoms with Gasteiger partial charge in [0.25, 0.3) is 11.8 Å². The van der Waals surface area contributed by atoms with Gasteiger partial charge in [0.2, 0.25) is 0 Å². The summed E-state index contributed by atoms with van der Waals surface area (Å²) in [6.45, 7) is 0. The number of aromatic nitrogens is 3. The van der Waals surface area contributed by atoms with Crippen LogP contribution in [0.4, 0.5) is 5.69 Å². The molecule has 0 saturated heterocycles. The van der Waals surface area contributed by atoms with E-state index in [0.29, 0.717) is 10.0 Å². The van der Waals surface area contributed by atoms with E-state index in [1.807, 2.05) is 6.20 Å². The lowest BCUT2D eigenvalue weighted by molar-refractivity contribution is 0.100. The van der Waals surface area contributed by atoms with Gasteiger partial charge in [-0.05, 0) is 18.2 Å². The van der Waals surface area contributed by atoms with E-state index in [2.05, 4.69) is 15.4 Å². The summed E-state index contributed by atoms with van der Waals surface area (Å²) in [5, 5.41) is 9.38. The van der Waals surface area contributed by atoms with Crippen LogP contribution in [0, 0.1) is 0 Å². The molecule has 24 heavy (non-hydrogen) atoms. The lowest BCUT2D eigenvalue weighted by atomic mass is 10.1. The molecule has 1 aromatic carbocycles. The molecule has 3 N–H and O–H groups in total. The van der Waals surface area contributed by atoms with Crippen LogP contribution in [0.2, 0.25) is 5.02 Å². The number of carbonyl (C=O) groups is 2. The molecule has 9 heteroatoms. The molecule has 0 fully saturated rings. The zero-order valence-corrected chi connectivity index (χ0v) is 14.1. The van der Waals surface area contributed by atoms with Gasteiger partial charge < -0.3 is 11.1 Å². The van der Waals surface area contributed by atoms with Crippen molar-refractivity contribution in [3.05, 3.63) is 52.3 Å². The van der Waals surface area contributed by atoms with E-state index < -0.39 is 11.8 Å². The monoisotopic (exact) mass is 361 g/mol. The van der Waals surface area contributed by atoms with Crippen molar-refractivity contribution in [1.82, 2.24) is 14.8 Å². The lowest BCUT2D eigenvalue weighted by Crippen LogP contribution is -2.18. The molecular formula is C15H12ClN5O2S. The second kappa shape index (κ2) is 6.42. The summed E-state index contributed by atoms with van der Waals surface area (Å²) < 4.78 is 1.65. The van der Waals surface area contributed by atoms with Crippen molar-refractivity contribution in [3.63, 3.8) is 0 Å². The minimum atomic E-state index is -0.656. The minimum absolute atomic E-state index is 0.176. The fraction of sp³-hybridized carbons (Fsp3) is 0.0667. The maximum atomic E-state index is 12.4. The van der Waals surface area contributed by atoms with E-state index in [0.717, 1.165) is 5.56 Å². The molecule has 2 heterocycles. The molecule has 0 aliphatic rings. The van der Waals surface area contributed by atoms with Crippen molar-refractivity contribution >= 4 is 40.4 Å². The second-order valence-corrected chi connectivity index (χ2v) is 6.24. The first-order valence-electron chi connectivity index (χ1n) is 6.79. The number of carbonyl (C=O) groups excluding carboxylic acids is 2. The maximum absolute atomic E-state index is 12.4. The number of halogens is 1. The zero-order valence-electron chi connectivity index (χ0n) is 12.5. The molecule has 0 spiro atoms. The van der Waals surface area contributed by atoms with E-state index in [1.54, 1.807) is 23.3 Å². The summed E-state index contributed by atoms with van der Waals surface area (Å²) in [7, 11) is 1.80. The Balaban J connectivity index is 1.85. The number of rotatable bonds is 4. The van der Waals surface area contributed by atoms with Crippen molar-refractivity contribution in [2.45, 2.75) is 0 Å². The average Bonchev–Trinajstić information content (AvgIpc) is 3.15. The fourth-order valence-electron chi connectivity index (χ4n) is 2.06. The molecule has 0 radical (unpaired) electrons. The number of nitrogens with one attached hydrogen (secondary N) is 1. The number of nitrogens with two attached hydrogens (primary N) is 1. The Morgan fingerprint density at radius 3 is 2.83 bits per heavy atom. The summed E-state index contributed by atoms with van der Waals surface area (Å²) in [5.74, 6) is -1.11. The number of hydrogen-bond donors (Lipinski definition) is 2. The molecule has 0 saturated carbocycles. The van der Waals surface area contributed by atoms with E-state index in [-0.39, 0.29) is 16.9 Å². The number of benzene rings is 1. The fourth-order valence-corrected chi connectivity index (χ4v) is 3.01. The highest BCUT2D eigenvalue weighted by molar-refractivity contribution is 7.13. The first kappa shape index (κ1) is 16.2. The molecule has 3 rings (SSSR count). The van der Waals surface area contributed by atoms with Crippen LogP contribution in [-0.4, -0.2) is 26.6 Å². The quantitative estimate of drug-likeness (QED) is 0.745. The number of hydrogen-bond acceptors (Lipinski definition) is 5. The Morgan fingerprint density at radius 2 is 2.17 bits per heavy atom. The summed E-state index contributed by atoms with van der Waals surface area (Å²) in [6, 6.07) is 4.46. The van der Waals surface area contributed by atoms with E-state index in [9.17, 15) is 9.59 Å². The van der Waals surface area contributed by atoms with Crippen LogP contribution in [0.1, 0.15) is 20.8 Å². The van der Waals surface area contributed by atoms with Gasteiger partial charge in [-0.3, -0.25) is 14.3 Å². The molecule has 0 aliphatic carbocycles. The van der Waals surface area contributed by atoms with Gasteiger partial charge in [0.1, 0.15) is 10.7 Å². The topological polar surface area (TPSA) is 103 Å². The molecule has 0 aliphatic heterocycles. The number of nitrogens with zero attached hydrogens (tertiary/aromatic N) is 3. The standard InChI is InChI=1S/C15H12ClN5O2S/c1-21-6-8(5-18-21)15-20-12(7-24-15)14(23)19-11-4-9(16)2-3-10(11)13(17)22/h2-7H,1H3,(H2,17,22)(H,19,23). The van der Waals surface area contributed by atoms with Crippen LogP contribution >= 0.6 is 22.9 Å². The molecule has 2 amide bonds. The first-order valence-corrected chi connectivity index (χ1v) is 8.05. The van der Waals surface area contributed by atoms with Crippen molar-refractivity contribution in [2.75, 3.05) is 5.32 Å².